The number of allylic oxidation sites excluding steroid dienone is 1. The highest BCUT2D eigenvalue weighted by Crippen LogP contribution is 2.39. The molecule has 3 aliphatic rings. The molecule has 5 heteroatoms. The van der Waals surface area contributed by atoms with Gasteiger partial charge in [-0.2, -0.15) is 5.01 Å². The molecule has 0 amide bonds. The summed E-state index contributed by atoms with van der Waals surface area (Å²) in [6.45, 7) is 2.02. The lowest BCUT2D eigenvalue weighted by Crippen LogP contribution is -2.43. The molecule has 1 aromatic carbocycles. The second kappa shape index (κ2) is 5.31. The van der Waals surface area contributed by atoms with Crippen LogP contribution in [0.4, 0.5) is 0 Å². The van der Waals surface area contributed by atoms with Gasteiger partial charge in [0.15, 0.2) is 5.50 Å². The molecule has 2 heterocycles. The van der Waals surface area contributed by atoms with Crippen LogP contribution in [0.2, 0.25) is 0 Å². The van der Waals surface area contributed by atoms with Crippen LogP contribution in [0, 0.1) is 0 Å². The molecule has 0 spiro atoms. The highest BCUT2D eigenvalue weighted by Gasteiger charge is 2.43. The van der Waals surface area contributed by atoms with Crippen molar-refractivity contribution >= 4 is 23.4 Å². The zero-order chi connectivity index (χ0) is 14.2. The SMILES string of the molecule is CC1=NC2=NC(SCc3ccccc3)N(C3CC3)N2C=C1. The predicted octanol–water partition coefficient (Wildman–Crippen LogP) is 3.24. The zero-order valence-electron chi connectivity index (χ0n) is 12.0. The van der Waals surface area contributed by atoms with E-state index >= 15 is 0 Å². The number of rotatable bonds is 4. The largest absolute Gasteiger partial charge is 0.245 e. The number of hydrogen-bond donors (Lipinski definition) is 0. The quantitative estimate of drug-likeness (QED) is 0.855. The van der Waals surface area contributed by atoms with Gasteiger partial charge in [-0.1, -0.05) is 30.3 Å². The minimum absolute atomic E-state index is 0.145. The number of nitrogens with zero attached hydrogens (tertiary/aromatic N) is 4. The van der Waals surface area contributed by atoms with Gasteiger partial charge in [-0.15, -0.1) is 11.8 Å². The molecule has 0 aromatic heterocycles. The molecule has 4 nitrogen and oxygen atoms in total. The van der Waals surface area contributed by atoms with Gasteiger partial charge in [0.05, 0.1) is 0 Å². The lowest BCUT2D eigenvalue weighted by atomic mass is 10.2. The van der Waals surface area contributed by atoms with Gasteiger partial charge in [0.2, 0.25) is 5.96 Å². The van der Waals surface area contributed by atoms with E-state index in [1.54, 1.807) is 0 Å². The molecule has 0 bridgehead atoms. The highest BCUT2D eigenvalue weighted by molar-refractivity contribution is 7.99. The van der Waals surface area contributed by atoms with Gasteiger partial charge < -0.3 is 0 Å². The van der Waals surface area contributed by atoms with Crippen molar-refractivity contribution in [3.05, 3.63) is 48.2 Å². The first-order chi connectivity index (χ1) is 10.3. The monoisotopic (exact) mass is 298 g/mol. The molecule has 0 saturated heterocycles. The van der Waals surface area contributed by atoms with Crippen LogP contribution < -0.4 is 0 Å². The molecule has 1 fully saturated rings. The summed E-state index contributed by atoms with van der Waals surface area (Å²) in [6, 6.07) is 11.2. The Morgan fingerprint density at radius 2 is 2.05 bits per heavy atom. The molecule has 1 aliphatic carbocycles. The van der Waals surface area contributed by atoms with E-state index in [2.05, 4.69) is 57.6 Å². The number of guanidine groups is 1. The number of fused-ring (bicyclic) bond motifs is 1. The van der Waals surface area contributed by atoms with Crippen LogP contribution in [0.15, 0.2) is 52.6 Å². The maximum atomic E-state index is 4.81. The molecule has 0 N–H and O–H groups in total. The molecule has 21 heavy (non-hydrogen) atoms. The summed E-state index contributed by atoms with van der Waals surface area (Å²) in [5.41, 5.74) is 2.51. The van der Waals surface area contributed by atoms with Crippen molar-refractivity contribution in [2.24, 2.45) is 9.98 Å². The molecular weight excluding hydrogens is 280 g/mol. The normalized spacial score (nSPS) is 24.8. The van der Waals surface area contributed by atoms with Crippen molar-refractivity contribution in [1.82, 2.24) is 10.0 Å². The Kier molecular flexibility index (Phi) is 3.31. The van der Waals surface area contributed by atoms with Crippen molar-refractivity contribution in [2.75, 3.05) is 0 Å². The van der Waals surface area contributed by atoms with Gasteiger partial charge in [-0.25, -0.2) is 15.0 Å². The summed E-state index contributed by atoms with van der Waals surface area (Å²) in [4.78, 5) is 9.37. The first-order valence-corrected chi connectivity index (χ1v) is 8.40. The van der Waals surface area contributed by atoms with E-state index in [9.17, 15) is 0 Å². The van der Waals surface area contributed by atoms with E-state index in [1.165, 1.54) is 18.4 Å². The van der Waals surface area contributed by atoms with E-state index in [0.29, 0.717) is 6.04 Å². The lowest BCUT2D eigenvalue weighted by Gasteiger charge is -2.30. The van der Waals surface area contributed by atoms with Crippen LogP contribution in [-0.4, -0.2) is 33.2 Å². The molecule has 2 aliphatic heterocycles. The third-order valence-corrected chi connectivity index (χ3v) is 4.92. The minimum Gasteiger partial charge on any atom is -0.245 e. The van der Waals surface area contributed by atoms with Crippen LogP contribution >= 0.6 is 11.8 Å². The third-order valence-electron chi connectivity index (χ3n) is 3.80. The van der Waals surface area contributed by atoms with Crippen LogP contribution in [-0.2, 0) is 5.75 Å². The van der Waals surface area contributed by atoms with E-state index in [1.807, 2.05) is 18.7 Å². The van der Waals surface area contributed by atoms with Gasteiger partial charge in [-0.3, -0.25) is 0 Å². The van der Waals surface area contributed by atoms with Crippen LogP contribution in [0.1, 0.15) is 25.3 Å². The average molecular weight is 298 g/mol. The summed E-state index contributed by atoms with van der Waals surface area (Å²) in [5, 5.41) is 4.52. The van der Waals surface area contributed by atoms with Gasteiger partial charge in [-0.05, 0) is 31.4 Å². The highest BCUT2D eigenvalue weighted by atomic mass is 32.2. The van der Waals surface area contributed by atoms with Crippen molar-refractivity contribution in [2.45, 2.75) is 37.1 Å². The Morgan fingerprint density at radius 1 is 1.24 bits per heavy atom. The smallest absolute Gasteiger partial charge is 0.242 e. The summed E-state index contributed by atoms with van der Waals surface area (Å²) < 4.78 is 0. The molecular formula is C16H18N4S. The van der Waals surface area contributed by atoms with Crippen molar-refractivity contribution in [1.29, 1.82) is 0 Å². The molecule has 1 unspecified atom stereocenters. The maximum Gasteiger partial charge on any atom is 0.242 e. The lowest BCUT2D eigenvalue weighted by molar-refractivity contribution is 0.0911. The fraction of sp³-hybridized carbons (Fsp3) is 0.375. The van der Waals surface area contributed by atoms with E-state index in [0.717, 1.165) is 17.4 Å². The standard InChI is InChI=1S/C16H18N4S/c1-12-9-10-19-15(17-12)18-16(20(19)14-7-8-14)21-11-13-5-3-2-4-6-13/h2-6,9-10,14,16H,7-8,11H2,1H3. The van der Waals surface area contributed by atoms with Gasteiger partial charge in [0, 0.05) is 23.7 Å². The zero-order valence-corrected chi connectivity index (χ0v) is 12.8. The Balaban J connectivity index is 1.52. The van der Waals surface area contributed by atoms with Crippen LogP contribution in [0.25, 0.3) is 0 Å². The number of hydrogen-bond acceptors (Lipinski definition) is 5. The fourth-order valence-corrected chi connectivity index (χ4v) is 3.71. The average Bonchev–Trinajstić information content (AvgIpc) is 3.27. The first-order valence-electron chi connectivity index (χ1n) is 7.35. The minimum atomic E-state index is 0.145. The Bertz CT molecular complexity index is 618. The van der Waals surface area contributed by atoms with Crippen LogP contribution in [0.3, 0.4) is 0 Å². The first kappa shape index (κ1) is 13.1. The van der Waals surface area contributed by atoms with Gasteiger partial charge >= 0.3 is 0 Å². The maximum absolute atomic E-state index is 4.81. The van der Waals surface area contributed by atoms with Crippen molar-refractivity contribution in [3.8, 4) is 0 Å². The number of aliphatic imine (C=N–C) groups is 2. The van der Waals surface area contributed by atoms with E-state index in [-0.39, 0.29) is 5.50 Å². The Hall–Kier alpha value is -1.59. The van der Waals surface area contributed by atoms with Crippen LogP contribution in [0.5, 0.6) is 0 Å². The summed E-state index contributed by atoms with van der Waals surface area (Å²) in [7, 11) is 0. The van der Waals surface area contributed by atoms with Crippen molar-refractivity contribution in [3.63, 3.8) is 0 Å². The second-order valence-corrected chi connectivity index (χ2v) is 6.62. The summed E-state index contributed by atoms with van der Waals surface area (Å²) in [5.74, 6) is 1.82. The Morgan fingerprint density at radius 3 is 2.81 bits per heavy atom. The predicted molar refractivity (Wildman–Crippen MR) is 87.9 cm³/mol. The van der Waals surface area contributed by atoms with E-state index in [4.69, 9.17) is 4.99 Å². The molecule has 0 radical (unpaired) electrons. The van der Waals surface area contributed by atoms with Crippen molar-refractivity contribution < 1.29 is 0 Å². The Labute approximate surface area is 129 Å². The summed E-state index contributed by atoms with van der Waals surface area (Å²) >= 11 is 1.87. The van der Waals surface area contributed by atoms with Gasteiger partial charge in [0.25, 0.3) is 0 Å². The molecule has 1 saturated carbocycles. The fourth-order valence-electron chi connectivity index (χ4n) is 2.58. The third kappa shape index (κ3) is 2.63. The molecule has 4 rings (SSSR count). The molecule has 108 valence electrons. The van der Waals surface area contributed by atoms with E-state index < -0.39 is 0 Å². The van der Waals surface area contributed by atoms with Gasteiger partial charge in [0.1, 0.15) is 0 Å². The molecule has 1 atom stereocenters. The number of thioether (sulfide) groups is 1. The summed E-state index contributed by atoms with van der Waals surface area (Å²) in [6.07, 6.45) is 6.68. The number of hydrazine groups is 1. The number of benzene rings is 1. The molecule has 1 aromatic rings. The second-order valence-electron chi connectivity index (χ2n) is 5.58. The topological polar surface area (TPSA) is 31.2 Å².